The van der Waals surface area contributed by atoms with E-state index in [2.05, 4.69) is 14.9 Å². The number of hydrogen-bond acceptors (Lipinski definition) is 4. The molecular weight excluding hydrogens is 300 g/mol. The lowest BCUT2D eigenvalue weighted by Crippen LogP contribution is -2.45. The van der Waals surface area contributed by atoms with Crippen molar-refractivity contribution in [2.45, 2.75) is 6.18 Å². The second kappa shape index (κ2) is 5.35. The molecule has 2 heterocycles. The predicted molar refractivity (Wildman–Crippen MR) is 74.2 cm³/mol. The van der Waals surface area contributed by atoms with Gasteiger partial charge in [-0.15, -0.1) is 0 Å². The lowest BCUT2D eigenvalue weighted by Gasteiger charge is -2.33. The third-order valence-electron chi connectivity index (χ3n) is 3.69. The van der Waals surface area contributed by atoms with Crippen LogP contribution in [0.25, 0.3) is 10.9 Å². The Morgan fingerprint density at radius 2 is 1.73 bits per heavy atom. The number of alkyl halides is 3. The number of likely N-dealkylation sites (N-methyl/N-ethyl adjacent to an activating group) is 1. The average molecular weight is 314 g/mol. The first-order valence-corrected chi connectivity index (χ1v) is 6.82. The van der Waals surface area contributed by atoms with Gasteiger partial charge >= 0.3 is 6.18 Å². The highest BCUT2D eigenvalue weighted by Crippen LogP contribution is 2.32. The highest BCUT2D eigenvalue weighted by Gasteiger charge is 2.36. The Kier molecular flexibility index (Phi) is 3.64. The Morgan fingerprint density at radius 3 is 2.36 bits per heavy atom. The van der Waals surface area contributed by atoms with Crippen LogP contribution in [-0.2, 0) is 6.18 Å². The fourth-order valence-electron chi connectivity index (χ4n) is 2.47. The van der Waals surface area contributed by atoms with Gasteiger partial charge in [0.2, 0.25) is 5.82 Å². The van der Waals surface area contributed by atoms with Crippen LogP contribution in [0, 0.1) is 5.82 Å². The van der Waals surface area contributed by atoms with Crippen molar-refractivity contribution >= 4 is 16.7 Å². The predicted octanol–water partition coefficient (Wildman–Crippen LogP) is 2.54. The maximum Gasteiger partial charge on any atom is 0.451 e. The summed E-state index contributed by atoms with van der Waals surface area (Å²) in [5.41, 5.74) is 0.0950. The molecule has 0 N–H and O–H groups in total. The zero-order valence-corrected chi connectivity index (χ0v) is 11.9. The van der Waals surface area contributed by atoms with Gasteiger partial charge in [-0.2, -0.15) is 13.2 Å². The van der Waals surface area contributed by atoms with E-state index in [1.807, 2.05) is 7.05 Å². The molecule has 2 aromatic rings. The zero-order chi connectivity index (χ0) is 15.9. The first-order valence-electron chi connectivity index (χ1n) is 6.82. The standard InChI is InChI=1S/C14H14F4N4/c1-21-4-6-22(7-5-21)12-10-8-9(15)2-3-11(10)19-13(20-12)14(16,17)18/h2-3,8H,4-7H2,1H3. The Morgan fingerprint density at radius 1 is 1.05 bits per heavy atom. The summed E-state index contributed by atoms with van der Waals surface area (Å²) < 4.78 is 52.4. The highest BCUT2D eigenvalue weighted by atomic mass is 19.4. The molecule has 3 rings (SSSR count). The molecule has 0 spiro atoms. The Balaban J connectivity index is 2.14. The minimum absolute atomic E-state index is 0.0950. The van der Waals surface area contributed by atoms with E-state index in [1.54, 1.807) is 4.90 Å². The molecule has 0 aliphatic carbocycles. The second-order valence-electron chi connectivity index (χ2n) is 5.32. The molecule has 0 bridgehead atoms. The van der Waals surface area contributed by atoms with Crippen molar-refractivity contribution in [3.63, 3.8) is 0 Å². The van der Waals surface area contributed by atoms with Crippen molar-refractivity contribution in [1.29, 1.82) is 0 Å². The van der Waals surface area contributed by atoms with Crippen LogP contribution < -0.4 is 4.90 Å². The fourth-order valence-corrected chi connectivity index (χ4v) is 2.47. The number of fused-ring (bicyclic) bond motifs is 1. The van der Waals surface area contributed by atoms with Crippen LogP contribution in [0.4, 0.5) is 23.4 Å². The Hall–Kier alpha value is -1.96. The lowest BCUT2D eigenvalue weighted by atomic mass is 10.2. The number of halogens is 4. The van der Waals surface area contributed by atoms with Gasteiger partial charge in [-0.1, -0.05) is 0 Å². The van der Waals surface area contributed by atoms with Crippen LogP contribution in [0.1, 0.15) is 5.82 Å². The summed E-state index contributed by atoms with van der Waals surface area (Å²) in [5.74, 6) is -1.57. The molecule has 1 aliphatic heterocycles. The minimum atomic E-state index is -4.64. The molecule has 0 atom stereocenters. The molecule has 0 amide bonds. The van der Waals surface area contributed by atoms with Crippen LogP contribution in [0.2, 0.25) is 0 Å². The number of aromatic nitrogens is 2. The summed E-state index contributed by atoms with van der Waals surface area (Å²) in [6, 6.07) is 3.54. The van der Waals surface area contributed by atoms with Crippen molar-refractivity contribution in [1.82, 2.24) is 14.9 Å². The van der Waals surface area contributed by atoms with E-state index in [4.69, 9.17) is 0 Å². The van der Waals surface area contributed by atoms with Crippen LogP contribution in [0.5, 0.6) is 0 Å². The Bertz CT molecular complexity index is 693. The monoisotopic (exact) mass is 314 g/mol. The summed E-state index contributed by atoms with van der Waals surface area (Å²) in [5, 5.41) is 0.303. The maximum atomic E-state index is 13.5. The number of nitrogens with zero attached hydrogens (tertiary/aromatic N) is 4. The van der Waals surface area contributed by atoms with E-state index in [-0.39, 0.29) is 11.3 Å². The minimum Gasteiger partial charge on any atom is -0.353 e. The van der Waals surface area contributed by atoms with E-state index < -0.39 is 17.8 Å². The van der Waals surface area contributed by atoms with Crippen molar-refractivity contribution in [3.8, 4) is 0 Å². The summed E-state index contributed by atoms with van der Waals surface area (Å²) in [7, 11) is 1.94. The van der Waals surface area contributed by atoms with E-state index in [0.717, 1.165) is 6.07 Å². The molecule has 118 valence electrons. The van der Waals surface area contributed by atoms with E-state index >= 15 is 0 Å². The number of benzene rings is 1. The number of piperazine rings is 1. The quantitative estimate of drug-likeness (QED) is 0.757. The van der Waals surface area contributed by atoms with Gasteiger partial charge in [0.25, 0.3) is 0 Å². The number of hydrogen-bond donors (Lipinski definition) is 0. The van der Waals surface area contributed by atoms with Gasteiger partial charge < -0.3 is 9.80 Å². The topological polar surface area (TPSA) is 32.3 Å². The van der Waals surface area contributed by atoms with Gasteiger partial charge in [-0.05, 0) is 25.2 Å². The van der Waals surface area contributed by atoms with E-state index in [0.29, 0.717) is 31.6 Å². The van der Waals surface area contributed by atoms with Gasteiger partial charge in [0.1, 0.15) is 11.6 Å². The Labute approximate surface area is 124 Å². The third-order valence-corrected chi connectivity index (χ3v) is 3.69. The van der Waals surface area contributed by atoms with Gasteiger partial charge in [-0.3, -0.25) is 0 Å². The van der Waals surface area contributed by atoms with E-state index in [9.17, 15) is 17.6 Å². The van der Waals surface area contributed by atoms with Crippen molar-refractivity contribution < 1.29 is 17.6 Å². The molecular formula is C14H14F4N4. The molecule has 1 saturated heterocycles. The molecule has 1 fully saturated rings. The molecule has 1 aromatic heterocycles. The van der Waals surface area contributed by atoms with Crippen LogP contribution in [-0.4, -0.2) is 48.1 Å². The molecule has 8 heteroatoms. The molecule has 0 radical (unpaired) electrons. The molecule has 1 aromatic carbocycles. The van der Waals surface area contributed by atoms with Crippen LogP contribution in [0.3, 0.4) is 0 Å². The number of anilines is 1. The maximum absolute atomic E-state index is 13.5. The zero-order valence-electron chi connectivity index (χ0n) is 11.9. The third kappa shape index (κ3) is 2.83. The smallest absolute Gasteiger partial charge is 0.353 e. The summed E-state index contributed by atoms with van der Waals surface area (Å²) in [6.45, 7) is 2.50. The first-order chi connectivity index (χ1) is 10.3. The van der Waals surface area contributed by atoms with Crippen molar-refractivity contribution in [2.24, 2.45) is 0 Å². The second-order valence-corrected chi connectivity index (χ2v) is 5.32. The summed E-state index contributed by atoms with van der Waals surface area (Å²) >= 11 is 0. The van der Waals surface area contributed by atoms with Crippen molar-refractivity contribution in [3.05, 3.63) is 29.8 Å². The average Bonchev–Trinajstić information content (AvgIpc) is 2.46. The number of rotatable bonds is 1. The fraction of sp³-hybridized carbons (Fsp3) is 0.429. The molecule has 0 unspecified atom stereocenters. The summed E-state index contributed by atoms with van der Waals surface area (Å²) in [6.07, 6.45) is -4.64. The van der Waals surface area contributed by atoms with Gasteiger partial charge in [0.05, 0.1) is 5.52 Å². The van der Waals surface area contributed by atoms with Gasteiger partial charge in [-0.25, -0.2) is 14.4 Å². The van der Waals surface area contributed by atoms with Crippen LogP contribution in [0.15, 0.2) is 18.2 Å². The largest absolute Gasteiger partial charge is 0.451 e. The molecule has 4 nitrogen and oxygen atoms in total. The highest BCUT2D eigenvalue weighted by molar-refractivity contribution is 5.89. The van der Waals surface area contributed by atoms with E-state index in [1.165, 1.54) is 12.1 Å². The molecule has 0 saturated carbocycles. The van der Waals surface area contributed by atoms with Crippen molar-refractivity contribution in [2.75, 3.05) is 38.1 Å². The lowest BCUT2D eigenvalue weighted by molar-refractivity contribution is -0.144. The first kappa shape index (κ1) is 15.0. The summed E-state index contributed by atoms with van der Waals surface area (Å²) in [4.78, 5) is 11.0. The molecule has 1 aliphatic rings. The van der Waals surface area contributed by atoms with Crippen LogP contribution >= 0.6 is 0 Å². The SMILES string of the molecule is CN1CCN(c2nc(C(F)(F)F)nc3ccc(F)cc23)CC1. The molecule has 22 heavy (non-hydrogen) atoms. The van der Waals surface area contributed by atoms with Gasteiger partial charge in [0.15, 0.2) is 0 Å². The van der Waals surface area contributed by atoms with Gasteiger partial charge in [0, 0.05) is 31.6 Å². The normalized spacial score (nSPS) is 17.2.